The average molecular weight is 269 g/mol. The van der Waals surface area contributed by atoms with Crippen LogP contribution < -0.4 is 5.32 Å². The summed E-state index contributed by atoms with van der Waals surface area (Å²) in [5, 5.41) is 2.64. The molecule has 0 aliphatic rings. The van der Waals surface area contributed by atoms with Crippen molar-refractivity contribution in [1.82, 2.24) is 4.98 Å². The van der Waals surface area contributed by atoms with Crippen molar-refractivity contribution in [1.29, 1.82) is 0 Å². The molecule has 0 unspecified atom stereocenters. The Balaban J connectivity index is 2.43. The topological polar surface area (TPSA) is 24.9 Å². The molecule has 0 saturated heterocycles. The van der Waals surface area contributed by atoms with Gasteiger partial charge in [0.25, 0.3) is 0 Å². The molecule has 78 valence electrons. The lowest BCUT2D eigenvalue weighted by atomic mass is 10.3. The molecule has 0 aliphatic heterocycles. The summed E-state index contributed by atoms with van der Waals surface area (Å²) < 4.78 is 35.9. The molecule has 1 heterocycles. The minimum absolute atomic E-state index is 0.145. The number of rotatable bonds is 3. The van der Waals surface area contributed by atoms with Gasteiger partial charge >= 0.3 is 6.18 Å². The van der Waals surface area contributed by atoms with E-state index >= 15 is 0 Å². The van der Waals surface area contributed by atoms with E-state index in [1.54, 1.807) is 18.3 Å². The normalized spacial score (nSPS) is 11.4. The van der Waals surface area contributed by atoms with Gasteiger partial charge in [0.15, 0.2) is 0 Å². The molecule has 14 heavy (non-hydrogen) atoms. The highest BCUT2D eigenvalue weighted by Gasteiger charge is 2.26. The number of hydrogen-bond donors (Lipinski definition) is 1. The maximum absolute atomic E-state index is 11.8. The van der Waals surface area contributed by atoms with Gasteiger partial charge in [0.05, 0.1) is 12.1 Å². The third kappa shape index (κ3) is 3.95. The largest absolute Gasteiger partial charge is 0.390 e. The van der Waals surface area contributed by atoms with Gasteiger partial charge in [-0.05, 0) is 28.1 Å². The van der Waals surface area contributed by atoms with E-state index in [-0.39, 0.29) is 6.54 Å². The van der Waals surface area contributed by atoms with E-state index in [1.807, 2.05) is 0 Å². The van der Waals surface area contributed by atoms with Crippen LogP contribution in [0.4, 0.5) is 18.9 Å². The van der Waals surface area contributed by atoms with Crippen molar-refractivity contribution >= 4 is 21.6 Å². The van der Waals surface area contributed by atoms with Crippen molar-refractivity contribution < 1.29 is 13.2 Å². The summed E-state index contributed by atoms with van der Waals surface area (Å²) in [5.41, 5.74) is 0.566. The number of anilines is 1. The summed E-state index contributed by atoms with van der Waals surface area (Å²) in [4.78, 5) is 3.87. The number of halogens is 4. The number of alkyl halides is 3. The van der Waals surface area contributed by atoms with Crippen molar-refractivity contribution in [3.8, 4) is 0 Å². The Morgan fingerprint density at radius 3 is 2.71 bits per heavy atom. The molecular formula is C8H8BrF3N2. The van der Waals surface area contributed by atoms with Gasteiger partial charge in [-0.2, -0.15) is 13.2 Å². The first-order chi connectivity index (χ1) is 6.49. The van der Waals surface area contributed by atoms with Gasteiger partial charge in [-0.15, -0.1) is 0 Å². The summed E-state index contributed by atoms with van der Waals surface area (Å²) in [6.07, 6.45) is -3.42. The number of pyridine rings is 1. The minimum atomic E-state index is -4.12. The molecule has 0 saturated carbocycles. The Bertz CT molecular complexity index is 301. The highest BCUT2D eigenvalue weighted by Crippen LogP contribution is 2.21. The fourth-order valence-electron chi connectivity index (χ4n) is 0.857. The SMILES string of the molecule is FC(F)(F)CCNc1cccnc1Br. The molecule has 1 aromatic rings. The molecule has 0 spiro atoms. The summed E-state index contributed by atoms with van der Waals surface area (Å²) >= 11 is 3.12. The zero-order chi connectivity index (χ0) is 10.6. The van der Waals surface area contributed by atoms with Crippen LogP contribution in [0.2, 0.25) is 0 Å². The van der Waals surface area contributed by atoms with Gasteiger partial charge in [-0.3, -0.25) is 0 Å². The van der Waals surface area contributed by atoms with Crippen LogP contribution in [0, 0.1) is 0 Å². The fraction of sp³-hybridized carbons (Fsp3) is 0.375. The van der Waals surface area contributed by atoms with Crippen molar-refractivity contribution in [2.75, 3.05) is 11.9 Å². The van der Waals surface area contributed by atoms with E-state index in [9.17, 15) is 13.2 Å². The van der Waals surface area contributed by atoms with Gasteiger partial charge < -0.3 is 5.32 Å². The molecule has 0 fully saturated rings. The summed E-state index contributed by atoms with van der Waals surface area (Å²) in [6.45, 7) is -0.145. The lowest BCUT2D eigenvalue weighted by molar-refractivity contribution is -0.131. The number of nitrogens with one attached hydrogen (secondary N) is 1. The second-order valence-corrected chi connectivity index (χ2v) is 3.38. The van der Waals surface area contributed by atoms with Crippen molar-refractivity contribution in [3.05, 3.63) is 22.9 Å². The Morgan fingerprint density at radius 2 is 2.14 bits per heavy atom. The van der Waals surface area contributed by atoms with Gasteiger partial charge in [0.2, 0.25) is 0 Å². The molecule has 0 aromatic carbocycles. The fourth-order valence-corrected chi connectivity index (χ4v) is 1.25. The van der Waals surface area contributed by atoms with Crippen LogP contribution in [0.15, 0.2) is 22.9 Å². The standard InChI is InChI=1S/C8H8BrF3N2/c9-7-6(2-1-4-14-7)13-5-3-8(10,11)12/h1-2,4,13H,3,5H2. The molecule has 1 aromatic heterocycles. The zero-order valence-corrected chi connectivity index (χ0v) is 8.69. The number of hydrogen-bond acceptors (Lipinski definition) is 2. The summed E-state index contributed by atoms with van der Waals surface area (Å²) in [7, 11) is 0. The number of aromatic nitrogens is 1. The van der Waals surface area contributed by atoms with Crippen LogP contribution in [0.3, 0.4) is 0 Å². The lowest BCUT2D eigenvalue weighted by Gasteiger charge is -2.09. The number of nitrogens with zero attached hydrogens (tertiary/aromatic N) is 1. The highest BCUT2D eigenvalue weighted by molar-refractivity contribution is 9.10. The second-order valence-electron chi connectivity index (χ2n) is 2.63. The second kappa shape index (κ2) is 4.63. The molecule has 0 amide bonds. The van der Waals surface area contributed by atoms with Crippen LogP contribution in [0.1, 0.15) is 6.42 Å². The van der Waals surface area contributed by atoms with E-state index in [1.165, 1.54) is 0 Å². The minimum Gasteiger partial charge on any atom is -0.383 e. The van der Waals surface area contributed by atoms with Gasteiger partial charge in [-0.1, -0.05) is 0 Å². The first-order valence-corrected chi connectivity index (χ1v) is 4.69. The van der Waals surface area contributed by atoms with Gasteiger partial charge in [0, 0.05) is 12.7 Å². The Kier molecular flexibility index (Phi) is 3.74. The quantitative estimate of drug-likeness (QED) is 0.852. The van der Waals surface area contributed by atoms with Crippen molar-refractivity contribution in [3.63, 3.8) is 0 Å². The Labute approximate surface area is 87.7 Å². The molecule has 6 heteroatoms. The predicted molar refractivity (Wildman–Crippen MR) is 51.1 cm³/mol. The third-order valence-corrected chi connectivity index (χ3v) is 2.11. The molecule has 1 rings (SSSR count). The molecule has 0 bridgehead atoms. The monoisotopic (exact) mass is 268 g/mol. The van der Waals surface area contributed by atoms with E-state index in [0.717, 1.165) is 0 Å². The first-order valence-electron chi connectivity index (χ1n) is 3.90. The summed E-state index contributed by atoms with van der Waals surface area (Å²) in [6, 6.07) is 3.31. The van der Waals surface area contributed by atoms with Crippen molar-refractivity contribution in [2.24, 2.45) is 0 Å². The van der Waals surface area contributed by atoms with Crippen LogP contribution in [-0.4, -0.2) is 17.7 Å². The van der Waals surface area contributed by atoms with Crippen LogP contribution in [0.5, 0.6) is 0 Å². The maximum atomic E-state index is 11.8. The van der Waals surface area contributed by atoms with Crippen LogP contribution >= 0.6 is 15.9 Å². The molecule has 0 atom stereocenters. The molecule has 1 N–H and O–H groups in total. The third-order valence-electron chi connectivity index (χ3n) is 1.48. The molecule has 2 nitrogen and oxygen atoms in total. The maximum Gasteiger partial charge on any atom is 0.390 e. The van der Waals surface area contributed by atoms with E-state index in [0.29, 0.717) is 10.3 Å². The zero-order valence-electron chi connectivity index (χ0n) is 7.11. The highest BCUT2D eigenvalue weighted by atomic mass is 79.9. The van der Waals surface area contributed by atoms with E-state index in [4.69, 9.17) is 0 Å². The lowest BCUT2D eigenvalue weighted by Crippen LogP contribution is -2.14. The smallest absolute Gasteiger partial charge is 0.383 e. The summed E-state index contributed by atoms with van der Waals surface area (Å²) in [5.74, 6) is 0. The molecular weight excluding hydrogens is 261 g/mol. The first kappa shape index (κ1) is 11.3. The van der Waals surface area contributed by atoms with Gasteiger partial charge in [0.1, 0.15) is 4.60 Å². The van der Waals surface area contributed by atoms with Crippen LogP contribution in [0.25, 0.3) is 0 Å². The van der Waals surface area contributed by atoms with Crippen LogP contribution in [-0.2, 0) is 0 Å². The van der Waals surface area contributed by atoms with Gasteiger partial charge in [-0.25, -0.2) is 4.98 Å². The molecule has 0 aliphatic carbocycles. The van der Waals surface area contributed by atoms with Crippen molar-refractivity contribution in [2.45, 2.75) is 12.6 Å². The predicted octanol–water partition coefficient (Wildman–Crippen LogP) is 3.21. The Hall–Kier alpha value is -0.780. The Morgan fingerprint density at radius 1 is 1.43 bits per heavy atom. The molecule has 0 radical (unpaired) electrons. The van der Waals surface area contributed by atoms with E-state index < -0.39 is 12.6 Å². The average Bonchev–Trinajstić information content (AvgIpc) is 2.06. The van der Waals surface area contributed by atoms with E-state index in [2.05, 4.69) is 26.2 Å².